The van der Waals surface area contributed by atoms with Crippen molar-refractivity contribution in [1.82, 2.24) is 9.97 Å². The summed E-state index contributed by atoms with van der Waals surface area (Å²) in [7, 11) is 0. The molecule has 8 nitrogen and oxygen atoms in total. The molecule has 0 aliphatic rings. The van der Waals surface area contributed by atoms with E-state index >= 15 is 0 Å². The van der Waals surface area contributed by atoms with E-state index in [1.54, 1.807) is 60.9 Å². The number of aromatic nitrogens is 2. The van der Waals surface area contributed by atoms with Crippen LogP contribution in [0.3, 0.4) is 0 Å². The maximum absolute atomic E-state index is 12.1. The van der Waals surface area contributed by atoms with Crippen LogP contribution in [0, 0.1) is 10.1 Å². The van der Waals surface area contributed by atoms with Gasteiger partial charge in [0.25, 0.3) is 5.69 Å². The number of nitro benzene ring substituents is 1. The first-order valence-corrected chi connectivity index (χ1v) is 7.69. The van der Waals surface area contributed by atoms with Crippen LogP contribution in [0.2, 0.25) is 0 Å². The summed E-state index contributed by atoms with van der Waals surface area (Å²) in [5, 5.41) is 13.7. The minimum absolute atomic E-state index is 0.0748. The number of hydrogen-bond acceptors (Lipinski definition) is 6. The van der Waals surface area contributed by atoms with Gasteiger partial charge in [0.1, 0.15) is 5.75 Å². The summed E-state index contributed by atoms with van der Waals surface area (Å²) in [6.45, 7) is 0. The van der Waals surface area contributed by atoms with E-state index in [9.17, 15) is 14.9 Å². The molecule has 1 N–H and O–H groups in total. The monoisotopic (exact) mass is 350 g/mol. The molecule has 0 fully saturated rings. The van der Waals surface area contributed by atoms with Crippen LogP contribution in [-0.4, -0.2) is 20.8 Å². The molecule has 130 valence electrons. The van der Waals surface area contributed by atoms with Crippen LogP contribution >= 0.6 is 0 Å². The number of hydrogen-bond donors (Lipinski definition) is 1. The molecule has 0 spiro atoms. The molecule has 0 unspecified atom stereocenters. The zero-order valence-corrected chi connectivity index (χ0v) is 13.5. The number of para-hydroxylation sites is 1. The summed E-state index contributed by atoms with van der Waals surface area (Å²) < 4.78 is 5.47. The number of anilines is 1. The number of benzene rings is 2. The zero-order chi connectivity index (χ0) is 18.4. The predicted molar refractivity (Wildman–Crippen MR) is 94.0 cm³/mol. The Kier molecular flexibility index (Phi) is 5.14. The highest BCUT2D eigenvalue weighted by Gasteiger charge is 2.15. The summed E-state index contributed by atoms with van der Waals surface area (Å²) in [4.78, 5) is 30.6. The van der Waals surface area contributed by atoms with E-state index in [4.69, 9.17) is 4.74 Å². The average Bonchev–Trinajstić information content (AvgIpc) is 2.64. The Balaban J connectivity index is 1.62. The molecule has 1 aromatic heterocycles. The number of ether oxygens (including phenoxy) is 1. The lowest BCUT2D eigenvalue weighted by atomic mass is 10.1. The fourth-order valence-corrected chi connectivity index (χ4v) is 2.27. The SMILES string of the molecule is O=C(Cc1ccccc1[N+](=O)[O-])Nc1ccc(Oc2ncccn2)cc1. The second-order valence-electron chi connectivity index (χ2n) is 5.27. The second-order valence-corrected chi connectivity index (χ2v) is 5.27. The van der Waals surface area contributed by atoms with E-state index in [0.717, 1.165) is 0 Å². The summed E-state index contributed by atoms with van der Waals surface area (Å²) in [5.74, 6) is 0.173. The van der Waals surface area contributed by atoms with Gasteiger partial charge in [-0.3, -0.25) is 14.9 Å². The topological polar surface area (TPSA) is 107 Å². The van der Waals surface area contributed by atoms with E-state index in [1.165, 1.54) is 6.07 Å². The van der Waals surface area contributed by atoms with Crippen molar-refractivity contribution >= 4 is 17.3 Å². The van der Waals surface area contributed by atoms with Crippen LogP contribution < -0.4 is 10.1 Å². The number of rotatable bonds is 6. The van der Waals surface area contributed by atoms with E-state index < -0.39 is 4.92 Å². The summed E-state index contributed by atoms with van der Waals surface area (Å²) >= 11 is 0. The van der Waals surface area contributed by atoms with Crippen molar-refractivity contribution in [1.29, 1.82) is 0 Å². The van der Waals surface area contributed by atoms with Crippen molar-refractivity contribution in [3.05, 3.63) is 82.7 Å². The fraction of sp³-hybridized carbons (Fsp3) is 0.0556. The lowest BCUT2D eigenvalue weighted by Crippen LogP contribution is -2.15. The standard InChI is InChI=1S/C18H14N4O4/c23-17(12-13-4-1-2-5-16(13)22(24)25)21-14-6-8-15(9-7-14)26-18-19-10-3-11-20-18/h1-11H,12H2,(H,21,23). The number of nitrogens with one attached hydrogen (secondary N) is 1. The van der Waals surface area contributed by atoms with Gasteiger partial charge in [-0.05, 0) is 30.3 Å². The summed E-state index contributed by atoms with van der Waals surface area (Å²) in [6, 6.07) is 14.7. The Bertz CT molecular complexity index is 914. The molecular formula is C18H14N4O4. The van der Waals surface area contributed by atoms with Crippen LogP contribution in [0.25, 0.3) is 0 Å². The fourth-order valence-electron chi connectivity index (χ4n) is 2.27. The van der Waals surface area contributed by atoms with Gasteiger partial charge in [-0.25, -0.2) is 9.97 Å². The number of amides is 1. The lowest BCUT2D eigenvalue weighted by molar-refractivity contribution is -0.385. The molecule has 0 saturated heterocycles. The second kappa shape index (κ2) is 7.84. The molecule has 2 aromatic carbocycles. The van der Waals surface area contributed by atoms with Crippen LogP contribution in [0.15, 0.2) is 67.0 Å². The van der Waals surface area contributed by atoms with Crippen molar-refractivity contribution in [3.8, 4) is 11.8 Å². The molecule has 3 rings (SSSR count). The molecule has 1 heterocycles. The van der Waals surface area contributed by atoms with Gasteiger partial charge in [-0.2, -0.15) is 0 Å². The van der Waals surface area contributed by atoms with Crippen molar-refractivity contribution in [2.45, 2.75) is 6.42 Å². The summed E-state index contributed by atoms with van der Waals surface area (Å²) in [5.41, 5.74) is 0.834. The average molecular weight is 350 g/mol. The lowest BCUT2D eigenvalue weighted by Gasteiger charge is -2.07. The minimum Gasteiger partial charge on any atom is -0.424 e. The van der Waals surface area contributed by atoms with Crippen molar-refractivity contribution in [2.75, 3.05) is 5.32 Å². The van der Waals surface area contributed by atoms with Crippen molar-refractivity contribution in [2.24, 2.45) is 0 Å². The highest BCUT2D eigenvalue weighted by atomic mass is 16.6. The molecule has 1 amide bonds. The molecular weight excluding hydrogens is 336 g/mol. The third-order valence-corrected chi connectivity index (χ3v) is 3.43. The smallest absolute Gasteiger partial charge is 0.321 e. The first-order valence-electron chi connectivity index (χ1n) is 7.69. The first-order chi connectivity index (χ1) is 12.6. The molecule has 0 bridgehead atoms. The van der Waals surface area contributed by atoms with Crippen molar-refractivity contribution < 1.29 is 14.5 Å². The molecule has 26 heavy (non-hydrogen) atoms. The van der Waals surface area contributed by atoms with Gasteiger partial charge in [0.15, 0.2) is 0 Å². The van der Waals surface area contributed by atoms with Crippen LogP contribution in [0.4, 0.5) is 11.4 Å². The highest BCUT2D eigenvalue weighted by Crippen LogP contribution is 2.21. The van der Waals surface area contributed by atoms with Gasteiger partial charge >= 0.3 is 6.01 Å². The van der Waals surface area contributed by atoms with Gasteiger partial charge in [-0.1, -0.05) is 18.2 Å². The van der Waals surface area contributed by atoms with Gasteiger partial charge in [0.05, 0.1) is 11.3 Å². The van der Waals surface area contributed by atoms with Crippen LogP contribution in [0.5, 0.6) is 11.8 Å². The highest BCUT2D eigenvalue weighted by molar-refractivity contribution is 5.92. The third-order valence-electron chi connectivity index (χ3n) is 3.43. The molecule has 0 aliphatic carbocycles. The third kappa shape index (κ3) is 4.38. The Hall–Kier alpha value is -3.81. The van der Waals surface area contributed by atoms with Gasteiger partial charge < -0.3 is 10.1 Å². The predicted octanol–water partition coefficient (Wildman–Crippen LogP) is 3.36. The first kappa shape index (κ1) is 17.0. The number of carbonyl (C=O) groups is 1. The van der Waals surface area contributed by atoms with Crippen LogP contribution in [-0.2, 0) is 11.2 Å². The Morgan fingerprint density at radius 3 is 2.42 bits per heavy atom. The van der Waals surface area contributed by atoms with Gasteiger partial charge in [-0.15, -0.1) is 0 Å². The minimum atomic E-state index is -0.500. The maximum Gasteiger partial charge on any atom is 0.321 e. The van der Waals surface area contributed by atoms with Crippen molar-refractivity contribution in [3.63, 3.8) is 0 Å². The number of nitro groups is 1. The Labute approximate surface area is 148 Å². The Morgan fingerprint density at radius 1 is 1.04 bits per heavy atom. The quantitative estimate of drug-likeness (QED) is 0.539. The normalized spacial score (nSPS) is 10.2. The molecule has 0 aliphatic heterocycles. The number of nitrogens with zero attached hydrogens (tertiary/aromatic N) is 3. The van der Waals surface area contributed by atoms with Gasteiger partial charge in [0.2, 0.25) is 5.91 Å². The molecule has 0 atom stereocenters. The molecule has 0 radical (unpaired) electrons. The van der Waals surface area contributed by atoms with E-state index in [0.29, 0.717) is 17.0 Å². The molecule has 8 heteroatoms. The zero-order valence-electron chi connectivity index (χ0n) is 13.5. The summed E-state index contributed by atoms with van der Waals surface area (Å²) in [6.07, 6.45) is 3.05. The van der Waals surface area contributed by atoms with Gasteiger partial charge in [0, 0.05) is 29.7 Å². The Morgan fingerprint density at radius 2 is 1.73 bits per heavy atom. The van der Waals surface area contributed by atoms with Crippen LogP contribution in [0.1, 0.15) is 5.56 Å². The molecule has 3 aromatic rings. The maximum atomic E-state index is 12.1. The molecule has 0 saturated carbocycles. The number of carbonyl (C=O) groups excluding carboxylic acids is 1. The van der Waals surface area contributed by atoms with E-state index in [2.05, 4.69) is 15.3 Å². The van der Waals surface area contributed by atoms with E-state index in [-0.39, 0.29) is 24.0 Å². The van der Waals surface area contributed by atoms with E-state index in [1.807, 2.05) is 0 Å². The largest absolute Gasteiger partial charge is 0.424 e.